The number of aryl methyl sites for hydroxylation is 1. The number of rotatable bonds is 2. The van der Waals surface area contributed by atoms with Crippen molar-refractivity contribution in [3.63, 3.8) is 0 Å². The molecule has 0 spiro atoms. The van der Waals surface area contributed by atoms with Crippen LogP contribution < -0.4 is 4.74 Å². The van der Waals surface area contributed by atoms with Gasteiger partial charge in [0.1, 0.15) is 11.3 Å². The van der Waals surface area contributed by atoms with Crippen molar-refractivity contribution in [3.05, 3.63) is 40.5 Å². The maximum Gasteiger partial charge on any atom is 0.170 e. The van der Waals surface area contributed by atoms with Crippen molar-refractivity contribution in [2.24, 2.45) is 0 Å². The number of aromatic hydroxyl groups is 2. The fourth-order valence-electron chi connectivity index (χ4n) is 4.06. The Bertz CT molecular complexity index is 834. The molecule has 0 bridgehead atoms. The predicted octanol–water partition coefficient (Wildman–Crippen LogP) is 3.89. The maximum atomic E-state index is 10.5. The first-order valence-electron chi connectivity index (χ1n) is 8.11. The molecule has 4 rings (SSSR count). The second-order valence-electron chi connectivity index (χ2n) is 6.67. The number of ether oxygens (including phenoxy) is 1. The summed E-state index contributed by atoms with van der Waals surface area (Å²) in [6, 6.07) is 5.97. The first-order valence-corrected chi connectivity index (χ1v) is 9.24. The average molecular weight is 390 g/mol. The number of phenolic OH excluding ortho intramolecular Hbond substituents is 2. The third-order valence-electron chi connectivity index (χ3n) is 5.29. The summed E-state index contributed by atoms with van der Waals surface area (Å²) in [6.45, 7) is 2.86. The Balaban J connectivity index is 2.07. The van der Waals surface area contributed by atoms with Crippen LogP contribution in [0, 0.1) is 6.92 Å². The van der Waals surface area contributed by atoms with E-state index < -0.39 is 0 Å². The summed E-state index contributed by atoms with van der Waals surface area (Å²) < 4.78 is 5.75. The molecule has 2 aromatic carbocycles. The molecule has 0 amide bonds. The Morgan fingerprint density at radius 1 is 1.21 bits per heavy atom. The van der Waals surface area contributed by atoms with E-state index in [0.29, 0.717) is 17.0 Å². The second-order valence-corrected chi connectivity index (χ2v) is 7.13. The van der Waals surface area contributed by atoms with Crippen LogP contribution in [0.1, 0.15) is 28.3 Å². The van der Waals surface area contributed by atoms with Crippen LogP contribution in [0.2, 0.25) is 0 Å². The van der Waals surface area contributed by atoms with Gasteiger partial charge in [-0.1, -0.05) is 0 Å². The summed E-state index contributed by atoms with van der Waals surface area (Å²) >= 11 is 3.31. The molecule has 1 unspecified atom stereocenters. The van der Waals surface area contributed by atoms with Crippen molar-refractivity contribution in [2.75, 3.05) is 19.1 Å². The van der Waals surface area contributed by atoms with Crippen molar-refractivity contribution >= 4 is 15.9 Å². The lowest BCUT2D eigenvalue weighted by molar-refractivity contribution is 0.226. The quantitative estimate of drug-likeness (QED) is 0.764. The molecule has 0 saturated heterocycles. The van der Waals surface area contributed by atoms with E-state index in [0.717, 1.165) is 41.6 Å². The number of fused-ring (bicyclic) bond motifs is 2. The van der Waals surface area contributed by atoms with Gasteiger partial charge in [0.05, 0.1) is 0 Å². The number of hydrogen-bond donors (Lipinski definition) is 2. The Morgan fingerprint density at radius 2 is 1.96 bits per heavy atom. The molecule has 0 saturated carbocycles. The van der Waals surface area contributed by atoms with Crippen LogP contribution in [0.4, 0.5) is 0 Å². The Hall–Kier alpha value is -1.72. The highest BCUT2D eigenvalue weighted by Crippen LogP contribution is 2.52. The Morgan fingerprint density at radius 3 is 2.71 bits per heavy atom. The second kappa shape index (κ2) is 5.67. The van der Waals surface area contributed by atoms with E-state index in [1.807, 2.05) is 25.1 Å². The van der Waals surface area contributed by atoms with Gasteiger partial charge in [-0.3, -0.25) is 4.90 Å². The van der Waals surface area contributed by atoms with Crippen LogP contribution in [0.25, 0.3) is 11.1 Å². The molecule has 1 heterocycles. The molecular weight excluding hydrogens is 370 g/mol. The van der Waals surface area contributed by atoms with Gasteiger partial charge in [0.25, 0.3) is 0 Å². The molecule has 0 radical (unpaired) electrons. The monoisotopic (exact) mass is 389 g/mol. The Labute approximate surface area is 149 Å². The van der Waals surface area contributed by atoms with Gasteiger partial charge in [0, 0.05) is 18.2 Å². The predicted molar refractivity (Wildman–Crippen MR) is 97.1 cm³/mol. The fourth-order valence-corrected chi connectivity index (χ4v) is 4.28. The number of halogens is 1. The first-order chi connectivity index (χ1) is 11.5. The Kier molecular flexibility index (Phi) is 3.73. The summed E-state index contributed by atoms with van der Waals surface area (Å²) in [5, 5.41) is 20.7. The molecule has 0 fully saturated rings. The number of benzene rings is 2. The number of likely N-dealkylation sites (N-methyl/N-ethyl adjacent to an activating group) is 1. The molecular formula is C19H20BrNO3. The number of nitrogens with zero attached hydrogens (tertiary/aromatic N) is 1. The van der Waals surface area contributed by atoms with Crippen molar-refractivity contribution < 1.29 is 14.9 Å². The molecule has 5 heteroatoms. The molecule has 24 heavy (non-hydrogen) atoms. The first kappa shape index (κ1) is 15.8. The number of phenols is 2. The SMILES string of the molecule is Cc1cc2c(cc1O)CC1c3c(cc(O)c(OCBr)c3-2)CCN1C. The third-order valence-corrected chi connectivity index (χ3v) is 5.52. The summed E-state index contributed by atoms with van der Waals surface area (Å²) in [5.74, 6) is 1.03. The molecule has 1 atom stereocenters. The summed E-state index contributed by atoms with van der Waals surface area (Å²) in [5.41, 5.74) is 6.74. The van der Waals surface area contributed by atoms with E-state index >= 15 is 0 Å². The normalized spacial score (nSPS) is 18.9. The van der Waals surface area contributed by atoms with Crippen LogP contribution in [-0.2, 0) is 12.8 Å². The van der Waals surface area contributed by atoms with Crippen LogP contribution >= 0.6 is 15.9 Å². The lowest BCUT2D eigenvalue weighted by atomic mass is 9.76. The highest BCUT2D eigenvalue weighted by molar-refractivity contribution is 9.09. The van der Waals surface area contributed by atoms with Gasteiger partial charge in [-0.05, 0) is 88.8 Å². The van der Waals surface area contributed by atoms with Crippen molar-refractivity contribution in [1.29, 1.82) is 0 Å². The number of alkyl halides is 1. The van der Waals surface area contributed by atoms with E-state index in [1.165, 1.54) is 11.1 Å². The van der Waals surface area contributed by atoms with Crippen molar-refractivity contribution in [3.8, 4) is 28.4 Å². The molecule has 1 aliphatic carbocycles. The highest BCUT2D eigenvalue weighted by Gasteiger charge is 2.36. The fraction of sp³-hybridized carbons (Fsp3) is 0.368. The molecule has 2 N–H and O–H groups in total. The summed E-state index contributed by atoms with van der Waals surface area (Å²) in [7, 11) is 2.13. The lowest BCUT2D eigenvalue weighted by Gasteiger charge is -2.40. The number of hydrogen-bond acceptors (Lipinski definition) is 4. The molecule has 4 nitrogen and oxygen atoms in total. The highest BCUT2D eigenvalue weighted by atomic mass is 79.9. The van der Waals surface area contributed by atoms with Crippen molar-refractivity contribution in [1.82, 2.24) is 4.90 Å². The van der Waals surface area contributed by atoms with Crippen LogP contribution in [0.15, 0.2) is 18.2 Å². The van der Waals surface area contributed by atoms with Crippen LogP contribution in [0.3, 0.4) is 0 Å². The van der Waals surface area contributed by atoms with E-state index in [1.54, 1.807) is 0 Å². The van der Waals surface area contributed by atoms with Gasteiger partial charge < -0.3 is 14.9 Å². The van der Waals surface area contributed by atoms with Gasteiger partial charge >= 0.3 is 0 Å². The summed E-state index contributed by atoms with van der Waals surface area (Å²) in [4.78, 5) is 2.35. The van der Waals surface area contributed by atoms with Gasteiger partial charge in [0.15, 0.2) is 11.5 Å². The maximum absolute atomic E-state index is 10.5. The largest absolute Gasteiger partial charge is 0.508 e. The van der Waals surface area contributed by atoms with Gasteiger partial charge in [0.2, 0.25) is 0 Å². The zero-order chi connectivity index (χ0) is 17.0. The molecule has 126 valence electrons. The van der Waals surface area contributed by atoms with Gasteiger partial charge in [-0.2, -0.15) is 0 Å². The van der Waals surface area contributed by atoms with E-state index in [9.17, 15) is 10.2 Å². The minimum Gasteiger partial charge on any atom is -0.508 e. The minimum atomic E-state index is 0.185. The summed E-state index contributed by atoms with van der Waals surface area (Å²) in [6.07, 6.45) is 1.78. The van der Waals surface area contributed by atoms with Crippen LogP contribution in [0.5, 0.6) is 17.2 Å². The van der Waals surface area contributed by atoms with E-state index in [4.69, 9.17) is 4.74 Å². The average Bonchev–Trinajstić information content (AvgIpc) is 2.55. The molecule has 1 aliphatic heterocycles. The molecule has 2 aromatic rings. The zero-order valence-electron chi connectivity index (χ0n) is 13.8. The standard InChI is InChI=1S/C19H20BrNO3/c1-10-5-13-12(8-15(10)22)6-14-17-11(3-4-21(14)2)7-16(23)19(18(13)17)24-9-20/h5,7-8,14,22-23H,3-4,6,9H2,1-2H3. The van der Waals surface area contributed by atoms with Gasteiger partial charge in [-0.15, -0.1) is 0 Å². The molecule has 2 aliphatic rings. The topological polar surface area (TPSA) is 52.9 Å². The lowest BCUT2D eigenvalue weighted by Crippen LogP contribution is -2.35. The van der Waals surface area contributed by atoms with Crippen LogP contribution in [-0.4, -0.2) is 34.2 Å². The zero-order valence-corrected chi connectivity index (χ0v) is 15.4. The van der Waals surface area contributed by atoms with Gasteiger partial charge in [-0.25, -0.2) is 0 Å². The molecule has 0 aromatic heterocycles. The van der Waals surface area contributed by atoms with Crippen molar-refractivity contribution in [2.45, 2.75) is 25.8 Å². The van der Waals surface area contributed by atoms with E-state index in [-0.39, 0.29) is 11.8 Å². The smallest absolute Gasteiger partial charge is 0.170 e. The van der Waals surface area contributed by atoms with E-state index in [2.05, 4.69) is 27.9 Å². The minimum absolute atomic E-state index is 0.185. The third kappa shape index (κ3) is 2.22.